The summed E-state index contributed by atoms with van der Waals surface area (Å²) in [4.78, 5) is 53.8. The zero-order valence-corrected chi connectivity index (χ0v) is 21.1. The van der Waals surface area contributed by atoms with E-state index < -0.39 is 23.8 Å². The fraction of sp³-hybridized carbons (Fsp3) is 0.556. The van der Waals surface area contributed by atoms with Crippen LogP contribution in [0.15, 0.2) is 24.4 Å². The summed E-state index contributed by atoms with van der Waals surface area (Å²) in [7, 11) is 3.03. The fourth-order valence-corrected chi connectivity index (χ4v) is 5.79. The number of hydrogen-bond donors (Lipinski definition) is 2. The van der Waals surface area contributed by atoms with Crippen molar-refractivity contribution in [3.05, 3.63) is 30.0 Å². The number of carbonyl (C=O) groups is 4. The lowest BCUT2D eigenvalue weighted by molar-refractivity contribution is -0.139. The number of amides is 3. The first-order chi connectivity index (χ1) is 17.3. The summed E-state index contributed by atoms with van der Waals surface area (Å²) in [6.45, 7) is 0. The van der Waals surface area contributed by atoms with Crippen LogP contribution in [0, 0.1) is 5.92 Å². The fourth-order valence-electron chi connectivity index (χ4n) is 5.79. The summed E-state index contributed by atoms with van der Waals surface area (Å²) in [5, 5.41) is 3.59. The van der Waals surface area contributed by atoms with Crippen molar-refractivity contribution in [3.8, 4) is 5.75 Å². The molecule has 36 heavy (non-hydrogen) atoms. The van der Waals surface area contributed by atoms with Gasteiger partial charge in [0.25, 0.3) is 11.7 Å². The highest BCUT2D eigenvalue weighted by Gasteiger charge is 2.38. The number of fused-ring (bicyclic) bond motifs is 1. The van der Waals surface area contributed by atoms with Gasteiger partial charge >= 0.3 is 6.03 Å². The number of ether oxygens (including phenoxy) is 1. The van der Waals surface area contributed by atoms with E-state index in [1.54, 1.807) is 18.2 Å². The number of Topliss-reactive ketones (excluding diaryl/α,β-unsaturated/α-hetero) is 1. The van der Waals surface area contributed by atoms with Crippen molar-refractivity contribution in [1.82, 2.24) is 14.8 Å². The molecular weight excluding hydrogens is 460 g/mol. The van der Waals surface area contributed by atoms with Gasteiger partial charge in [-0.05, 0) is 43.7 Å². The van der Waals surface area contributed by atoms with Gasteiger partial charge in [-0.2, -0.15) is 0 Å². The van der Waals surface area contributed by atoms with Crippen molar-refractivity contribution >= 4 is 34.5 Å². The Bertz CT molecular complexity index is 1140. The van der Waals surface area contributed by atoms with E-state index in [9.17, 15) is 19.2 Å². The topological polar surface area (TPSA) is 124 Å². The number of likely N-dealkylation sites (N-methyl/N-ethyl adjacent to an activating group) is 1. The van der Waals surface area contributed by atoms with E-state index in [1.165, 1.54) is 31.7 Å². The summed E-state index contributed by atoms with van der Waals surface area (Å²) in [5.41, 5.74) is 5.96. The number of nitrogens with one attached hydrogen (secondary N) is 1. The third-order valence-corrected chi connectivity index (χ3v) is 7.74. The summed E-state index contributed by atoms with van der Waals surface area (Å²) in [6.07, 6.45) is 11.3. The Morgan fingerprint density at radius 2 is 1.67 bits per heavy atom. The van der Waals surface area contributed by atoms with Crippen molar-refractivity contribution in [2.24, 2.45) is 11.7 Å². The minimum absolute atomic E-state index is 0.000290. The Labute approximate surface area is 211 Å². The van der Waals surface area contributed by atoms with E-state index >= 15 is 0 Å². The molecule has 2 aliphatic rings. The number of aromatic nitrogens is 1. The van der Waals surface area contributed by atoms with Gasteiger partial charge in [-0.1, -0.05) is 38.5 Å². The first kappa shape index (κ1) is 25.7. The molecule has 194 valence electrons. The highest BCUT2D eigenvalue weighted by molar-refractivity contribution is 6.45. The Morgan fingerprint density at radius 3 is 2.28 bits per heavy atom. The molecule has 2 fully saturated rings. The summed E-state index contributed by atoms with van der Waals surface area (Å²) in [5.74, 6) is -1.24. The first-order valence-corrected chi connectivity index (χ1v) is 12.9. The second-order valence-electron chi connectivity index (χ2n) is 10.1. The number of benzene rings is 1. The highest BCUT2D eigenvalue weighted by Crippen LogP contribution is 2.31. The maximum Gasteiger partial charge on any atom is 0.323 e. The number of carbonyl (C=O) groups excluding carboxylic acids is 4. The molecule has 0 radical (unpaired) electrons. The molecule has 0 spiro atoms. The lowest BCUT2D eigenvalue weighted by Crippen LogP contribution is -2.55. The number of nitrogens with zero attached hydrogens (tertiary/aromatic N) is 2. The molecule has 1 heterocycles. The SMILES string of the molecule is COc1ccc2c(C(=O)C(=O)N(C)[C@@H](C(=O)NC3CCCCC3)C3CCCCC3)cn(C(N)=O)c2c1. The molecule has 1 aromatic carbocycles. The van der Waals surface area contributed by atoms with Crippen LogP contribution in [0.2, 0.25) is 0 Å². The predicted molar refractivity (Wildman–Crippen MR) is 136 cm³/mol. The molecule has 9 nitrogen and oxygen atoms in total. The molecule has 2 aliphatic carbocycles. The molecule has 1 aromatic heterocycles. The van der Waals surface area contributed by atoms with Gasteiger partial charge in [-0.25, -0.2) is 4.79 Å². The van der Waals surface area contributed by atoms with E-state index in [0.29, 0.717) is 16.7 Å². The molecule has 3 amide bonds. The van der Waals surface area contributed by atoms with Gasteiger partial charge in [0.15, 0.2) is 0 Å². The Hall–Kier alpha value is -3.36. The van der Waals surface area contributed by atoms with E-state index in [4.69, 9.17) is 10.5 Å². The molecule has 0 bridgehead atoms. The van der Waals surface area contributed by atoms with Crippen molar-refractivity contribution in [3.63, 3.8) is 0 Å². The highest BCUT2D eigenvalue weighted by atomic mass is 16.5. The van der Waals surface area contributed by atoms with Crippen LogP contribution in [-0.4, -0.2) is 59.3 Å². The second kappa shape index (κ2) is 11.1. The van der Waals surface area contributed by atoms with Crippen LogP contribution in [-0.2, 0) is 9.59 Å². The lowest BCUT2D eigenvalue weighted by atomic mass is 9.82. The predicted octanol–water partition coefficient (Wildman–Crippen LogP) is 3.62. The number of rotatable bonds is 7. The van der Waals surface area contributed by atoms with Crippen molar-refractivity contribution in [2.75, 3.05) is 14.2 Å². The average Bonchev–Trinajstić information content (AvgIpc) is 3.28. The molecule has 0 unspecified atom stereocenters. The Balaban J connectivity index is 1.62. The largest absolute Gasteiger partial charge is 0.497 e. The van der Waals surface area contributed by atoms with Gasteiger partial charge in [0.05, 0.1) is 18.2 Å². The molecule has 0 aliphatic heterocycles. The Morgan fingerprint density at radius 1 is 1.03 bits per heavy atom. The van der Waals surface area contributed by atoms with Crippen LogP contribution in [0.1, 0.15) is 74.6 Å². The maximum atomic E-state index is 13.5. The van der Waals surface area contributed by atoms with E-state index in [1.807, 2.05) is 0 Å². The molecule has 3 N–H and O–H groups in total. The third kappa shape index (κ3) is 5.24. The summed E-state index contributed by atoms with van der Waals surface area (Å²) in [6, 6.07) is 3.49. The molecule has 9 heteroatoms. The number of methoxy groups -OCH3 is 1. The molecule has 2 aromatic rings. The van der Waals surface area contributed by atoms with Gasteiger partial charge in [0.1, 0.15) is 11.8 Å². The van der Waals surface area contributed by atoms with Gasteiger partial charge in [-0.3, -0.25) is 19.0 Å². The number of nitrogens with two attached hydrogens (primary N) is 1. The molecular formula is C27H36N4O5. The standard InChI is InChI=1S/C27H36N4O5/c1-30(23(17-9-5-3-6-10-17)25(33)29-18-11-7-4-8-12-18)26(34)24(32)21-16-31(27(28)35)22-15-19(36-2)13-14-20(21)22/h13-18,23H,3-12H2,1-2H3,(H2,28,35)(H,29,33)/t23-/m1/s1. The lowest BCUT2D eigenvalue weighted by Gasteiger charge is -2.36. The van der Waals surface area contributed by atoms with Crippen LogP contribution in [0.3, 0.4) is 0 Å². The van der Waals surface area contributed by atoms with Crippen LogP contribution >= 0.6 is 0 Å². The van der Waals surface area contributed by atoms with Crippen molar-refractivity contribution in [1.29, 1.82) is 0 Å². The zero-order chi connectivity index (χ0) is 25.8. The van der Waals surface area contributed by atoms with Gasteiger partial charge in [-0.15, -0.1) is 0 Å². The first-order valence-electron chi connectivity index (χ1n) is 12.9. The van der Waals surface area contributed by atoms with Crippen LogP contribution in [0.5, 0.6) is 5.75 Å². The van der Waals surface area contributed by atoms with Crippen molar-refractivity contribution < 1.29 is 23.9 Å². The number of primary amides is 1. The van der Waals surface area contributed by atoms with Crippen LogP contribution < -0.4 is 15.8 Å². The van der Waals surface area contributed by atoms with Gasteiger partial charge < -0.3 is 20.7 Å². The van der Waals surface area contributed by atoms with Crippen molar-refractivity contribution in [2.45, 2.75) is 76.3 Å². The van der Waals surface area contributed by atoms with E-state index in [-0.39, 0.29) is 23.4 Å². The smallest absolute Gasteiger partial charge is 0.323 e. The number of hydrogen-bond acceptors (Lipinski definition) is 5. The molecule has 4 rings (SSSR count). The second-order valence-corrected chi connectivity index (χ2v) is 10.1. The van der Waals surface area contributed by atoms with Crippen LogP contribution in [0.25, 0.3) is 10.9 Å². The van der Waals surface area contributed by atoms with Gasteiger partial charge in [0.2, 0.25) is 5.91 Å². The molecule has 2 saturated carbocycles. The molecule has 0 saturated heterocycles. The van der Waals surface area contributed by atoms with E-state index in [0.717, 1.165) is 62.4 Å². The van der Waals surface area contributed by atoms with E-state index in [2.05, 4.69) is 5.32 Å². The van der Waals surface area contributed by atoms with Gasteiger partial charge in [0, 0.05) is 30.7 Å². The Kier molecular flexibility index (Phi) is 7.96. The summed E-state index contributed by atoms with van der Waals surface area (Å²) >= 11 is 0. The normalized spacial score (nSPS) is 17.9. The zero-order valence-electron chi connectivity index (χ0n) is 21.1. The monoisotopic (exact) mass is 496 g/mol. The quantitative estimate of drug-likeness (QED) is 0.448. The molecule has 1 atom stereocenters. The minimum atomic E-state index is -0.779. The average molecular weight is 497 g/mol. The minimum Gasteiger partial charge on any atom is -0.497 e. The maximum absolute atomic E-state index is 13.5. The number of ketones is 1. The third-order valence-electron chi connectivity index (χ3n) is 7.74. The van der Waals surface area contributed by atoms with Crippen LogP contribution in [0.4, 0.5) is 4.79 Å². The summed E-state index contributed by atoms with van der Waals surface area (Å²) < 4.78 is 6.36.